The Morgan fingerprint density at radius 1 is 1.00 bits per heavy atom. The van der Waals surface area contributed by atoms with Crippen LogP contribution in [0.3, 0.4) is 0 Å². The van der Waals surface area contributed by atoms with Gasteiger partial charge in [0.05, 0.1) is 26.7 Å². The second-order valence-corrected chi connectivity index (χ2v) is 8.72. The van der Waals surface area contributed by atoms with Gasteiger partial charge in [-0.05, 0) is 47.9 Å². The molecule has 0 bridgehead atoms. The zero-order chi connectivity index (χ0) is 23.9. The van der Waals surface area contributed by atoms with Crippen LogP contribution in [0, 0.1) is 0 Å². The van der Waals surface area contributed by atoms with Gasteiger partial charge in [0.2, 0.25) is 17.6 Å². The normalized spacial score (nSPS) is 14.4. The molecule has 0 saturated carbocycles. The summed E-state index contributed by atoms with van der Waals surface area (Å²) in [6.45, 7) is 8.18. The Labute approximate surface area is 200 Å². The number of hydrogen-bond donors (Lipinski definition) is 0. The Hall–Kier alpha value is -3.39. The van der Waals surface area contributed by atoms with E-state index in [2.05, 4.69) is 41.0 Å². The van der Waals surface area contributed by atoms with Crippen molar-refractivity contribution in [1.82, 2.24) is 19.9 Å². The summed E-state index contributed by atoms with van der Waals surface area (Å²) >= 11 is 0. The Morgan fingerprint density at radius 3 is 2.32 bits per heavy atom. The van der Waals surface area contributed by atoms with Gasteiger partial charge in [-0.3, -0.25) is 9.69 Å². The molecule has 8 heteroatoms. The minimum atomic E-state index is 0.123. The van der Waals surface area contributed by atoms with Crippen LogP contribution in [0.5, 0.6) is 11.5 Å². The van der Waals surface area contributed by atoms with Gasteiger partial charge in [0.25, 0.3) is 0 Å². The summed E-state index contributed by atoms with van der Waals surface area (Å²) in [4.78, 5) is 21.2. The van der Waals surface area contributed by atoms with Gasteiger partial charge in [-0.1, -0.05) is 31.1 Å². The monoisotopic (exact) mass is 464 g/mol. The molecule has 0 spiro atoms. The number of rotatable bonds is 9. The number of carbonyl (C=O) groups excluding carboxylic acids is 1. The number of nitrogens with zero attached hydrogens (tertiary/aromatic N) is 4. The number of hydrogen-bond acceptors (Lipinski definition) is 7. The molecule has 2 heterocycles. The lowest BCUT2D eigenvalue weighted by molar-refractivity contribution is -0.133. The first-order valence-electron chi connectivity index (χ1n) is 11.7. The van der Waals surface area contributed by atoms with Crippen LogP contribution in [0.15, 0.2) is 53.1 Å². The minimum absolute atomic E-state index is 0.123. The molecule has 34 heavy (non-hydrogen) atoms. The van der Waals surface area contributed by atoms with E-state index in [-0.39, 0.29) is 5.91 Å². The van der Waals surface area contributed by atoms with E-state index < -0.39 is 0 Å². The molecule has 1 aromatic heterocycles. The third-order valence-corrected chi connectivity index (χ3v) is 6.03. The molecule has 0 atom stereocenters. The molecule has 0 radical (unpaired) electrons. The quantitative estimate of drug-likeness (QED) is 0.474. The van der Waals surface area contributed by atoms with Crippen molar-refractivity contribution in [1.29, 1.82) is 0 Å². The first kappa shape index (κ1) is 23.8. The molecule has 180 valence electrons. The predicted molar refractivity (Wildman–Crippen MR) is 129 cm³/mol. The van der Waals surface area contributed by atoms with Crippen molar-refractivity contribution in [3.8, 4) is 22.9 Å². The number of piperazine rings is 1. The minimum Gasteiger partial charge on any atom is -0.497 e. The zero-order valence-corrected chi connectivity index (χ0v) is 20.1. The lowest BCUT2D eigenvalue weighted by Gasteiger charge is -2.34. The Kier molecular flexibility index (Phi) is 7.80. The molecule has 0 N–H and O–H groups in total. The van der Waals surface area contributed by atoms with Crippen LogP contribution < -0.4 is 9.47 Å². The molecule has 1 fully saturated rings. The maximum absolute atomic E-state index is 12.6. The molecule has 3 aromatic rings. The van der Waals surface area contributed by atoms with Crippen molar-refractivity contribution < 1.29 is 18.8 Å². The maximum atomic E-state index is 12.6. The fourth-order valence-corrected chi connectivity index (χ4v) is 3.89. The molecular formula is C26H32N4O4. The smallest absolute Gasteiger partial charge is 0.241 e. The van der Waals surface area contributed by atoms with Crippen molar-refractivity contribution in [2.45, 2.75) is 32.7 Å². The average molecular weight is 465 g/mol. The Bertz CT molecular complexity index is 1060. The third kappa shape index (κ3) is 6.14. The zero-order valence-electron chi connectivity index (χ0n) is 20.1. The molecule has 8 nitrogen and oxygen atoms in total. The highest BCUT2D eigenvalue weighted by Gasteiger charge is 2.22. The molecule has 2 aromatic carbocycles. The van der Waals surface area contributed by atoms with E-state index in [1.165, 1.54) is 5.56 Å². The predicted octanol–water partition coefficient (Wildman–Crippen LogP) is 3.98. The molecule has 1 aliphatic rings. The van der Waals surface area contributed by atoms with Crippen LogP contribution in [0.1, 0.15) is 37.6 Å². The fraction of sp³-hybridized carbons (Fsp3) is 0.423. The summed E-state index contributed by atoms with van der Waals surface area (Å²) < 4.78 is 16.4. The number of amides is 1. The van der Waals surface area contributed by atoms with Gasteiger partial charge in [-0.25, -0.2) is 0 Å². The molecule has 1 saturated heterocycles. The van der Waals surface area contributed by atoms with Crippen LogP contribution in [0.2, 0.25) is 0 Å². The van der Waals surface area contributed by atoms with Gasteiger partial charge in [0.1, 0.15) is 11.5 Å². The number of ether oxygens (including phenoxy) is 2. The summed E-state index contributed by atoms with van der Waals surface area (Å²) in [5.74, 6) is 3.33. The van der Waals surface area contributed by atoms with E-state index in [9.17, 15) is 4.79 Å². The topological polar surface area (TPSA) is 80.9 Å². The maximum Gasteiger partial charge on any atom is 0.241 e. The summed E-state index contributed by atoms with van der Waals surface area (Å²) in [6.07, 6.45) is 0.376. The van der Waals surface area contributed by atoms with Gasteiger partial charge in [0.15, 0.2) is 0 Å². The Morgan fingerprint density at radius 2 is 1.68 bits per heavy atom. The van der Waals surface area contributed by atoms with Crippen LogP contribution in [-0.4, -0.2) is 65.7 Å². The van der Waals surface area contributed by atoms with E-state index in [1.54, 1.807) is 7.11 Å². The van der Waals surface area contributed by atoms with Crippen LogP contribution in [-0.2, 0) is 11.3 Å². The van der Waals surface area contributed by atoms with Crippen molar-refractivity contribution in [3.05, 3.63) is 60.0 Å². The van der Waals surface area contributed by atoms with Crippen LogP contribution in [0.25, 0.3) is 11.4 Å². The van der Waals surface area contributed by atoms with Crippen LogP contribution in [0.4, 0.5) is 0 Å². The van der Waals surface area contributed by atoms with Crippen molar-refractivity contribution in [2.24, 2.45) is 0 Å². The largest absolute Gasteiger partial charge is 0.497 e. The first-order chi connectivity index (χ1) is 16.5. The summed E-state index contributed by atoms with van der Waals surface area (Å²) in [6, 6.07) is 15.6. The summed E-state index contributed by atoms with van der Waals surface area (Å²) in [5.41, 5.74) is 2.16. The van der Waals surface area contributed by atoms with Gasteiger partial charge < -0.3 is 18.9 Å². The SMILES string of the molecule is COc1ccc(-c2noc(CN3CCN(C(=O)CCOc4ccc(C(C)C)cc4)CC3)n2)cc1. The molecule has 1 amide bonds. The van der Waals surface area contributed by atoms with Gasteiger partial charge in [0, 0.05) is 31.7 Å². The van der Waals surface area contributed by atoms with Crippen molar-refractivity contribution >= 4 is 5.91 Å². The lowest BCUT2D eigenvalue weighted by Crippen LogP contribution is -2.48. The van der Waals surface area contributed by atoms with E-state index >= 15 is 0 Å². The third-order valence-electron chi connectivity index (χ3n) is 6.03. The standard InChI is InChI=1S/C26H32N4O4/c1-19(2)20-4-10-23(11-5-20)33-17-12-25(31)30-15-13-29(14-16-30)18-24-27-26(28-34-24)21-6-8-22(32-3)9-7-21/h4-11,19H,12-18H2,1-3H3. The second-order valence-electron chi connectivity index (χ2n) is 8.72. The molecule has 0 unspecified atom stereocenters. The van der Waals surface area contributed by atoms with Crippen LogP contribution >= 0.6 is 0 Å². The highest BCUT2D eigenvalue weighted by atomic mass is 16.5. The number of methoxy groups -OCH3 is 1. The lowest BCUT2D eigenvalue weighted by atomic mass is 10.0. The average Bonchev–Trinajstić information content (AvgIpc) is 3.33. The van der Waals surface area contributed by atoms with Gasteiger partial charge in [-0.2, -0.15) is 4.98 Å². The summed E-state index contributed by atoms with van der Waals surface area (Å²) in [5, 5.41) is 4.09. The second kappa shape index (κ2) is 11.2. The number of aromatic nitrogens is 2. The summed E-state index contributed by atoms with van der Waals surface area (Å²) in [7, 11) is 1.63. The van der Waals surface area contributed by atoms with Gasteiger partial charge >= 0.3 is 0 Å². The van der Waals surface area contributed by atoms with E-state index in [1.807, 2.05) is 41.3 Å². The highest BCUT2D eigenvalue weighted by Crippen LogP contribution is 2.21. The van der Waals surface area contributed by atoms with E-state index in [0.29, 0.717) is 50.3 Å². The Balaban J connectivity index is 1.19. The molecular weight excluding hydrogens is 432 g/mol. The fourth-order valence-electron chi connectivity index (χ4n) is 3.89. The van der Waals surface area contributed by atoms with Crippen molar-refractivity contribution in [3.63, 3.8) is 0 Å². The molecule has 1 aliphatic heterocycles. The first-order valence-corrected chi connectivity index (χ1v) is 11.7. The highest BCUT2D eigenvalue weighted by molar-refractivity contribution is 5.76. The number of carbonyl (C=O) groups is 1. The van der Waals surface area contributed by atoms with Crippen molar-refractivity contribution in [2.75, 3.05) is 39.9 Å². The molecule has 4 rings (SSSR count). The number of benzene rings is 2. The van der Waals surface area contributed by atoms with E-state index in [4.69, 9.17) is 14.0 Å². The van der Waals surface area contributed by atoms with E-state index in [0.717, 1.165) is 30.2 Å². The molecule has 0 aliphatic carbocycles. The van der Waals surface area contributed by atoms with Gasteiger partial charge in [-0.15, -0.1) is 0 Å².